The molecule has 0 radical (unpaired) electrons. The van der Waals surface area contributed by atoms with Crippen LogP contribution in [0.3, 0.4) is 0 Å². The number of Topliss-reactive ketones (excluding diaryl/α,β-unsaturated/α-hetero) is 1. The first-order valence-corrected chi connectivity index (χ1v) is 9.82. The third-order valence-corrected chi connectivity index (χ3v) is 4.95. The quantitative estimate of drug-likeness (QED) is 0.654. The number of hydrogen-bond acceptors (Lipinski definition) is 3. The van der Waals surface area contributed by atoms with E-state index in [1.807, 2.05) is 49.3 Å². The first kappa shape index (κ1) is 22.6. The highest BCUT2D eigenvalue weighted by atomic mass is 19.1. The topological polar surface area (TPSA) is 52.7 Å². The number of urea groups is 1. The Hall–Kier alpha value is -2.73. The van der Waals surface area contributed by atoms with Gasteiger partial charge in [-0.05, 0) is 43.8 Å². The van der Waals surface area contributed by atoms with Crippen LogP contribution in [0.5, 0.6) is 0 Å². The molecule has 0 aliphatic rings. The number of hydrogen-bond donors (Lipinski definition) is 1. The Labute approximate surface area is 172 Å². The highest BCUT2D eigenvalue weighted by molar-refractivity contribution is 5.96. The van der Waals surface area contributed by atoms with Gasteiger partial charge < -0.3 is 15.1 Å². The van der Waals surface area contributed by atoms with E-state index in [-0.39, 0.29) is 29.8 Å². The fourth-order valence-electron chi connectivity index (χ4n) is 3.08. The highest BCUT2D eigenvalue weighted by Crippen LogP contribution is 2.15. The van der Waals surface area contributed by atoms with E-state index >= 15 is 0 Å². The Morgan fingerprint density at radius 1 is 1.03 bits per heavy atom. The second kappa shape index (κ2) is 10.7. The monoisotopic (exact) mass is 399 g/mol. The fourth-order valence-corrected chi connectivity index (χ4v) is 3.08. The Morgan fingerprint density at radius 2 is 1.72 bits per heavy atom. The number of likely N-dealkylation sites (N-methyl/N-ethyl adjacent to an activating group) is 1. The van der Waals surface area contributed by atoms with Gasteiger partial charge in [0.1, 0.15) is 5.82 Å². The zero-order valence-electron chi connectivity index (χ0n) is 17.6. The number of benzene rings is 2. The smallest absolute Gasteiger partial charge is 0.317 e. The van der Waals surface area contributed by atoms with Gasteiger partial charge in [-0.15, -0.1) is 0 Å². The van der Waals surface area contributed by atoms with Crippen LogP contribution in [0.2, 0.25) is 0 Å². The average Bonchev–Trinajstić information content (AvgIpc) is 2.70. The Balaban J connectivity index is 1.95. The van der Waals surface area contributed by atoms with Crippen LogP contribution < -0.4 is 5.32 Å². The molecule has 0 fully saturated rings. The molecule has 0 unspecified atom stereocenters. The normalized spacial score (nSPS) is 11.9. The number of rotatable bonds is 9. The maximum absolute atomic E-state index is 14.3. The summed E-state index contributed by atoms with van der Waals surface area (Å²) < 4.78 is 14.3. The molecule has 1 atom stereocenters. The SMILES string of the molecule is CCC(=O)c1ccc(C[C@@H](CNC(=O)N(C)Cc2ccccc2)N(C)C)cc1F. The minimum atomic E-state index is -0.488. The van der Waals surface area contributed by atoms with Gasteiger partial charge in [0, 0.05) is 32.6 Å². The zero-order valence-corrected chi connectivity index (χ0v) is 17.6. The second-order valence-corrected chi connectivity index (χ2v) is 7.44. The summed E-state index contributed by atoms with van der Waals surface area (Å²) >= 11 is 0. The lowest BCUT2D eigenvalue weighted by molar-refractivity contribution is 0.0984. The molecule has 2 aromatic rings. The predicted octanol–water partition coefficient (Wildman–Crippen LogP) is 3.73. The molecule has 0 heterocycles. The number of carbonyl (C=O) groups excluding carboxylic acids is 2. The van der Waals surface area contributed by atoms with Gasteiger partial charge in [-0.1, -0.05) is 43.3 Å². The van der Waals surface area contributed by atoms with Crippen LogP contribution in [0.25, 0.3) is 0 Å². The molecular formula is C23H30FN3O2. The molecule has 0 saturated heterocycles. The zero-order chi connectivity index (χ0) is 21.4. The number of ketones is 1. The van der Waals surface area contributed by atoms with Gasteiger partial charge in [0.25, 0.3) is 0 Å². The lowest BCUT2D eigenvalue weighted by atomic mass is 10.0. The van der Waals surface area contributed by atoms with Crippen LogP contribution >= 0.6 is 0 Å². The molecule has 0 saturated carbocycles. The van der Waals surface area contributed by atoms with Gasteiger partial charge in [-0.2, -0.15) is 0 Å². The van der Waals surface area contributed by atoms with Crippen molar-refractivity contribution >= 4 is 11.8 Å². The third kappa shape index (κ3) is 6.68. The maximum atomic E-state index is 14.3. The molecule has 0 aromatic heterocycles. The van der Waals surface area contributed by atoms with Crippen molar-refractivity contribution in [2.75, 3.05) is 27.7 Å². The predicted molar refractivity (Wildman–Crippen MR) is 114 cm³/mol. The molecule has 2 amide bonds. The van der Waals surface area contributed by atoms with Crippen LogP contribution in [-0.4, -0.2) is 55.3 Å². The maximum Gasteiger partial charge on any atom is 0.317 e. The molecule has 0 spiro atoms. The molecule has 156 valence electrons. The average molecular weight is 400 g/mol. The largest absolute Gasteiger partial charge is 0.336 e. The summed E-state index contributed by atoms with van der Waals surface area (Å²) in [4.78, 5) is 27.8. The molecule has 2 aromatic carbocycles. The molecule has 6 heteroatoms. The van der Waals surface area contributed by atoms with Gasteiger partial charge in [-0.25, -0.2) is 9.18 Å². The molecule has 0 bridgehead atoms. The van der Waals surface area contributed by atoms with Crippen molar-refractivity contribution in [2.45, 2.75) is 32.4 Å². The van der Waals surface area contributed by atoms with Crippen molar-refractivity contribution in [3.63, 3.8) is 0 Å². The van der Waals surface area contributed by atoms with E-state index in [1.54, 1.807) is 31.0 Å². The van der Waals surface area contributed by atoms with Gasteiger partial charge in [-0.3, -0.25) is 4.79 Å². The van der Waals surface area contributed by atoms with E-state index in [1.165, 1.54) is 6.07 Å². The van der Waals surface area contributed by atoms with Crippen molar-refractivity contribution in [1.29, 1.82) is 0 Å². The van der Waals surface area contributed by atoms with E-state index in [9.17, 15) is 14.0 Å². The minimum absolute atomic E-state index is 0.00352. The first-order valence-electron chi connectivity index (χ1n) is 9.82. The van der Waals surface area contributed by atoms with Gasteiger partial charge in [0.05, 0.1) is 5.56 Å². The van der Waals surface area contributed by atoms with Crippen LogP contribution in [0.15, 0.2) is 48.5 Å². The van der Waals surface area contributed by atoms with Crippen molar-refractivity contribution in [3.8, 4) is 0 Å². The van der Waals surface area contributed by atoms with Gasteiger partial charge >= 0.3 is 6.03 Å². The molecule has 0 aliphatic heterocycles. The molecule has 0 aliphatic carbocycles. The van der Waals surface area contributed by atoms with Crippen LogP contribution in [0.4, 0.5) is 9.18 Å². The molecule has 29 heavy (non-hydrogen) atoms. The standard InChI is InChI=1S/C23H30FN3O2/c1-5-22(28)20-12-11-18(14-21(20)24)13-19(26(2)3)15-25-23(29)27(4)16-17-9-7-6-8-10-17/h6-12,14,19H,5,13,15-16H2,1-4H3,(H,25,29)/t19-/m0/s1. The summed E-state index contributed by atoms with van der Waals surface area (Å²) in [6, 6.07) is 14.4. The van der Waals surface area contributed by atoms with Crippen molar-refractivity contribution in [1.82, 2.24) is 15.1 Å². The van der Waals surface area contributed by atoms with Gasteiger partial charge in [0.2, 0.25) is 0 Å². The van der Waals surface area contributed by atoms with E-state index in [0.717, 1.165) is 11.1 Å². The van der Waals surface area contributed by atoms with E-state index in [0.29, 0.717) is 19.5 Å². The summed E-state index contributed by atoms with van der Waals surface area (Å²) in [6.45, 7) is 2.68. The van der Waals surface area contributed by atoms with Crippen LogP contribution in [0, 0.1) is 5.82 Å². The van der Waals surface area contributed by atoms with Crippen LogP contribution in [-0.2, 0) is 13.0 Å². The summed E-state index contributed by atoms with van der Waals surface area (Å²) in [7, 11) is 5.61. The molecule has 5 nitrogen and oxygen atoms in total. The summed E-state index contributed by atoms with van der Waals surface area (Å²) in [5, 5.41) is 2.96. The van der Waals surface area contributed by atoms with Crippen molar-refractivity contribution in [2.24, 2.45) is 0 Å². The van der Waals surface area contributed by atoms with E-state index < -0.39 is 5.82 Å². The number of amides is 2. The number of carbonyl (C=O) groups is 2. The second-order valence-electron chi connectivity index (χ2n) is 7.44. The van der Waals surface area contributed by atoms with Crippen molar-refractivity contribution < 1.29 is 14.0 Å². The Kier molecular flexibility index (Phi) is 8.34. The Morgan fingerprint density at radius 3 is 2.31 bits per heavy atom. The first-order chi connectivity index (χ1) is 13.8. The molecular weight excluding hydrogens is 369 g/mol. The Bertz CT molecular complexity index is 824. The summed E-state index contributed by atoms with van der Waals surface area (Å²) in [5.41, 5.74) is 1.99. The number of nitrogens with zero attached hydrogens (tertiary/aromatic N) is 2. The lowest BCUT2D eigenvalue weighted by Gasteiger charge is -2.26. The lowest BCUT2D eigenvalue weighted by Crippen LogP contribution is -2.45. The van der Waals surface area contributed by atoms with E-state index in [4.69, 9.17) is 0 Å². The van der Waals surface area contributed by atoms with Crippen LogP contribution in [0.1, 0.15) is 34.8 Å². The third-order valence-electron chi connectivity index (χ3n) is 4.95. The highest BCUT2D eigenvalue weighted by Gasteiger charge is 2.17. The summed E-state index contributed by atoms with van der Waals surface area (Å²) in [6.07, 6.45) is 0.840. The number of nitrogens with one attached hydrogen (secondary N) is 1. The minimum Gasteiger partial charge on any atom is -0.336 e. The van der Waals surface area contributed by atoms with Crippen molar-refractivity contribution in [3.05, 3.63) is 71.0 Å². The summed E-state index contributed by atoms with van der Waals surface area (Å²) in [5.74, 6) is -0.689. The fraction of sp³-hybridized carbons (Fsp3) is 0.391. The van der Waals surface area contributed by atoms with Gasteiger partial charge in [0.15, 0.2) is 5.78 Å². The molecule has 1 N–H and O–H groups in total. The number of halogens is 1. The molecule has 2 rings (SSSR count). The van der Waals surface area contributed by atoms with E-state index in [2.05, 4.69) is 5.32 Å².